The number of nitrogens with zero attached hydrogens (tertiary/aromatic N) is 1. The first-order valence-corrected chi connectivity index (χ1v) is 12.2. The van der Waals surface area contributed by atoms with Gasteiger partial charge in [-0.3, -0.25) is 14.3 Å². The van der Waals surface area contributed by atoms with Gasteiger partial charge in [0.05, 0.1) is 22.1 Å². The van der Waals surface area contributed by atoms with Crippen LogP contribution < -0.4 is 20.7 Å². The lowest BCUT2D eigenvalue weighted by molar-refractivity contribution is -0.275. The quantitative estimate of drug-likeness (QED) is 0.244. The largest absolute Gasteiger partial charge is 0.573 e. The fourth-order valence-corrected chi connectivity index (χ4v) is 4.82. The Morgan fingerprint density at radius 2 is 1.69 bits per heavy atom. The van der Waals surface area contributed by atoms with Crippen molar-refractivity contribution in [2.75, 3.05) is 0 Å². The van der Waals surface area contributed by atoms with Gasteiger partial charge in [-0.05, 0) is 47.5 Å². The van der Waals surface area contributed by atoms with Crippen molar-refractivity contribution in [2.45, 2.75) is 31.8 Å². The average Bonchev–Trinajstić information content (AvgIpc) is 3.27. The van der Waals surface area contributed by atoms with Crippen LogP contribution in [0, 0.1) is 0 Å². The highest BCUT2D eigenvalue weighted by atomic mass is 35.5. The van der Waals surface area contributed by atoms with Crippen LogP contribution in [0.25, 0.3) is 20.7 Å². The molecular weight excluding hydrogens is 601 g/mol. The molecule has 0 bridgehead atoms. The van der Waals surface area contributed by atoms with E-state index in [2.05, 4.69) is 4.74 Å². The van der Waals surface area contributed by atoms with Crippen molar-refractivity contribution >= 4 is 44.8 Å². The maximum atomic E-state index is 13.1. The van der Waals surface area contributed by atoms with E-state index >= 15 is 0 Å². The van der Waals surface area contributed by atoms with Crippen molar-refractivity contribution in [2.24, 2.45) is 0 Å². The van der Waals surface area contributed by atoms with Crippen molar-refractivity contribution in [3.05, 3.63) is 78.9 Å². The summed E-state index contributed by atoms with van der Waals surface area (Å²) in [5.74, 6) is -1.04. The SMILES string of the molecule is O=c1[nH]c(=O)n(CC(O)C(F)(F)F)c2cc(-c3ccc(OCc4ccc(Cl)c(Cl)c4)c(OC(F)(F)F)c3)sc12. The monoisotopic (exact) mass is 614 g/mol. The third kappa shape index (κ3) is 6.69. The lowest BCUT2D eigenvalue weighted by Gasteiger charge is -2.16. The Morgan fingerprint density at radius 1 is 0.974 bits per heavy atom. The van der Waals surface area contributed by atoms with Crippen molar-refractivity contribution in [3.63, 3.8) is 0 Å². The summed E-state index contributed by atoms with van der Waals surface area (Å²) in [6.07, 6.45) is -13.1. The molecule has 4 rings (SSSR count). The summed E-state index contributed by atoms with van der Waals surface area (Å²) in [4.78, 5) is 26.5. The first-order chi connectivity index (χ1) is 18.1. The number of ether oxygens (including phenoxy) is 2. The zero-order valence-electron chi connectivity index (χ0n) is 19.0. The van der Waals surface area contributed by atoms with E-state index in [0.29, 0.717) is 21.5 Å². The number of hydrogen-bond donors (Lipinski definition) is 2. The van der Waals surface area contributed by atoms with Crippen LogP contribution in [0.2, 0.25) is 10.0 Å². The van der Waals surface area contributed by atoms with Crippen LogP contribution in [0.5, 0.6) is 11.5 Å². The molecule has 0 spiro atoms. The molecule has 208 valence electrons. The van der Waals surface area contributed by atoms with Gasteiger partial charge >= 0.3 is 18.2 Å². The van der Waals surface area contributed by atoms with Gasteiger partial charge in [-0.15, -0.1) is 24.5 Å². The molecule has 0 saturated carbocycles. The maximum absolute atomic E-state index is 13.1. The molecule has 0 aliphatic heterocycles. The van der Waals surface area contributed by atoms with Crippen molar-refractivity contribution in [1.29, 1.82) is 0 Å². The Bertz CT molecular complexity index is 1650. The van der Waals surface area contributed by atoms with Crippen LogP contribution in [-0.2, 0) is 13.2 Å². The van der Waals surface area contributed by atoms with Gasteiger partial charge in [0, 0.05) is 4.88 Å². The van der Waals surface area contributed by atoms with Gasteiger partial charge in [0.25, 0.3) is 5.56 Å². The van der Waals surface area contributed by atoms with Crippen LogP contribution in [-0.4, -0.2) is 33.3 Å². The second-order valence-electron chi connectivity index (χ2n) is 8.00. The van der Waals surface area contributed by atoms with Crippen molar-refractivity contribution in [3.8, 4) is 21.9 Å². The summed E-state index contributed by atoms with van der Waals surface area (Å²) in [5, 5.41) is 9.91. The molecule has 7 nitrogen and oxygen atoms in total. The summed E-state index contributed by atoms with van der Waals surface area (Å²) >= 11 is 12.5. The van der Waals surface area contributed by atoms with E-state index in [9.17, 15) is 41.0 Å². The Balaban J connectivity index is 1.73. The molecule has 0 fully saturated rings. The minimum absolute atomic E-state index is 0.0760. The molecule has 16 heteroatoms. The van der Waals surface area contributed by atoms with Gasteiger partial charge < -0.3 is 14.6 Å². The molecule has 4 aromatic rings. The average molecular weight is 615 g/mol. The summed E-state index contributed by atoms with van der Waals surface area (Å²) < 4.78 is 88.0. The van der Waals surface area contributed by atoms with E-state index in [4.69, 9.17) is 27.9 Å². The standard InChI is InChI=1S/C23H14Cl2F6N2O5S/c24-12-3-1-10(5-13(12)25)9-37-15-4-2-11(6-16(15)38-23(29,30)31)17-7-14-19(39-17)20(35)32-21(36)33(14)8-18(34)22(26,27)28/h1-7,18,34H,8-9H2,(H,32,35,36). The van der Waals surface area contributed by atoms with Crippen molar-refractivity contribution in [1.82, 2.24) is 9.55 Å². The molecule has 2 N–H and O–H groups in total. The van der Waals surface area contributed by atoms with Crippen LogP contribution >= 0.6 is 34.5 Å². The molecule has 0 saturated heterocycles. The van der Waals surface area contributed by atoms with Gasteiger partial charge in [0.15, 0.2) is 17.6 Å². The van der Waals surface area contributed by atoms with E-state index in [1.165, 1.54) is 24.3 Å². The van der Waals surface area contributed by atoms with Crippen LogP contribution in [0.1, 0.15) is 5.56 Å². The molecule has 2 heterocycles. The predicted octanol–water partition coefficient (Wildman–Crippen LogP) is 6.13. The van der Waals surface area contributed by atoms with E-state index < -0.39 is 42.2 Å². The number of alkyl halides is 6. The van der Waals surface area contributed by atoms with Gasteiger partial charge in [-0.25, -0.2) is 4.79 Å². The first kappa shape index (κ1) is 28.8. The maximum Gasteiger partial charge on any atom is 0.573 e. The lowest BCUT2D eigenvalue weighted by Crippen LogP contribution is -2.38. The molecular formula is C23H14Cl2F6N2O5S. The zero-order valence-corrected chi connectivity index (χ0v) is 21.3. The van der Waals surface area contributed by atoms with E-state index in [1.54, 1.807) is 6.07 Å². The molecule has 2 aromatic heterocycles. The second kappa shape index (κ2) is 10.8. The zero-order chi connectivity index (χ0) is 28.7. The molecule has 0 aliphatic rings. The number of halogens is 8. The highest BCUT2D eigenvalue weighted by Crippen LogP contribution is 2.39. The number of fused-ring (bicyclic) bond motifs is 1. The van der Waals surface area contributed by atoms with Gasteiger partial charge in [-0.2, -0.15) is 13.2 Å². The molecule has 1 unspecified atom stereocenters. The smallest absolute Gasteiger partial charge is 0.485 e. The van der Waals surface area contributed by atoms with E-state index in [0.717, 1.165) is 12.1 Å². The fraction of sp³-hybridized carbons (Fsp3) is 0.217. The third-order valence-corrected chi connectivity index (χ3v) is 7.15. The first-order valence-electron chi connectivity index (χ1n) is 10.6. The molecule has 39 heavy (non-hydrogen) atoms. The third-order valence-electron chi connectivity index (χ3n) is 5.24. The Morgan fingerprint density at radius 3 is 2.33 bits per heavy atom. The Kier molecular flexibility index (Phi) is 7.94. The number of H-pyrrole nitrogens is 1. The van der Waals surface area contributed by atoms with Gasteiger partial charge in [0.1, 0.15) is 11.3 Å². The highest BCUT2D eigenvalue weighted by molar-refractivity contribution is 7.22. The number of aromatic amines is 1. The molecule has 0 amide bonds. The summed E-state index contributed by atoms with van der Waals surface area (Å²) in [6.45, 7) is -1.41. The number of rotatable bonds is 7. The number of nitrogens with one attached hydrogen (secondary N) is 1. The van der Waals surface area contributed by atoms with E-state index in [-0.39, 0.29) is 43.1 Å². The Hall–Kier alpha value is -3.20. The molecule has 0 radical (unpaired) electrons. The summed E-state index contributed by atoms with van der Waals surface area (Å²) in [5.41, 5.74) is -1.80. The summed E-state index contributed by atoms with van der Waals surface area (Å²) in [6, 6.07) is 9.12. The number of thiophene rings is 1. The van der Waals surface area contributed by atoms with Crippen LogP contribution in [0.4, 0.5) is 26.3 Å². The fourth-order valence-electron chi connectivity index (χ4n) is 3.45. The number of benzene rings is 2. The minimum atomic E-state index is -5.11. The Labute approximate surface area is 227 Å². The lowest BCUT2D eigenvalue weighted by atomic mass is 10.1. The molecule has 0 aliphatic carbocycles. The van der Waals surface area contributed by atoms with Gasteiger partial charge in [-0.1, -0.05) is 29.3 Å². The van der Waals surface area contributed by atoms with Crippen LogP contribution in [0.15, 0.2) is 52.1 Å². The predicted molar refractivity (Wildman–Crippen MR) is 132 cm³/mol. The molecule has 2 aromatic carbocycles. The minimum Gasteiger partial charge on any atom is -0.485 e. The van der Waals surface area contributed by atoms with Crippen molar-refractivity contribution < 1.29 is 40.9 Å². The topological polar surface area (TPSA) is 93.6 Å². The highest BCUT2D eigenvalue weighted by Gasteiger charge is 2.39. The number of aliphatic hydroxyl groups is 1. The summed E-state index contributed by atoms with van der Waals surface area (Å²) in [7, 11) is 0. The molecule has 1 atom stereocenters. The number of aliphatic hydroxyl groups excluding tert-OH is 1. The second-order valence-corrected chi connectivity index (χ2v) is 9.87. The van der Waals surface area contributed by atoms with E-state index in [1.807, 2.05) is 4.98 Å². The normalized spacial score (nSPS) is 13.1. The number of aromatic nitrogens is 2. The van der Waals surface area contributed by atoms with Gasteiger partial charge in [0.2, 0.25) is 0 Å². The number of hydrogen-bond acceptors (Lipinski definition) is 6. The van der Waals surface area contributed by atoms with Crippen LogP contribution in [0.3, 0.4) is 0 Å².